The number of phosphoric acid groups is 2. The summed E-state index contributed by atoms with van der Waals surface area (Å²) in [5, 5.41) is 10.6. The molecule has 19 heteroatoms. The van der Waals surface area contributed by atoms with Gasteiger partial charge in [0.1, 0.15) is 19.3 Å². The van der Waals surface area contributed by atoms with E-state index in [2.05, 4.69) is 48.5 Å². The number of esters is 4. The molecule has 0 fully saturated rings. The number of ether oxygens (including phenoxy) is 4. The van der Waals surface area contributed by atoms with Gasteiger partial charge in [-0.15, -0.1) is 0 Å². The molecule has 93 heavy (non-hydrogen) atoms. The Morgan fingerprint density at radius 1 is 0.312 bits per heavy atom. The van der Waals surface area contributed by atoms with Gasteiger partial charge in [0.2, 0.25) is 0 Å². The lowest BCUT2D eigenvalue weighted by molar-refractivity contribution is -0.161. The number of unbranched alkanes of at least 4 members (excludes halogenated alkanes) is 39. The molecule has 0 radical (unpaired) electrons. The van der Waals surface area contributed by atoms with Crippen molar-refractivity contribution in [1.82, 2.24) is 0 Å². The summed E-state index contributed by atoms with van der Waals surface area (Å²) in [6.45, 7) is 11.8. The molecule has 3 N–H and O–H groups in total. The highest BCUT2D eigenvalue weighted by Gasteiger charge is 2.30. The first-order valence-corrected chi connectivity index (χ1v) is 41.4. The first-order valence-electron chi connectivity index (χ1n) is 38.4. The molecule has 0 aliphatic rings. The van der Waals surface area contributed by atoms with Crippen molar-refractivity contribution in [2.24, 2.45) is 17.8 Å². The van der Waals surface area contributed by atoms with Gasteiger partial charge in [0.15, 0.2) is 12.2 Å². The van der Waals surface area contributed by atoms with Crippen LogP contribution in [0.4, 0.5) is 0 Å². The quantitative estimate of drug-likeness (QED) is 0.0222. The lowest BCUT2D eigenvalue weighted by Gasteiger charge is -2.21. The minimum absolute atomic E-state index is 0.103. The fraction of sp³-hybridized carbons (Fsp3) is 0.946. The molecule has 3 unspecified atom stereocenters. The van der Waals surface area contributed by atoms with Crippen LogP contribution < -0.4 is 0 Å². The van der Waals surface area contributed by atoms with E-state index in [1.165, 1.54) is 186 Å². The predicted molar refractivity (Wildman–Crippen MR) is 377 cm³/mol. The Balaban J connectivity index is 5.18. The van der Waals surface area contributed by atoms with Crippen molar-refractivity contribution in [2.45, 2.75) is 394 Å². The molecule has 0 spiro atoms. The number of aliphatic hydroxyl groups is 1. The number of carbonyl (C=O) groups excluding carboxylic acids is 4. The van der Waals surface area contributed by atoms with E-state index in [-0.39, 0.29) is 25.7 Å². The lowest BCUT2D eigenvalue weighted by atomic mass is 9.99. The van der Waals surface area contributed by atoms with E-state index in [0.717, 1.165) is 102 Å². The van der Waals surface area contributed by atoms with E-state index < -0.39 is 97.5 Å². The van der Waals surface area contributed by atoms with Crippen LogP contribution in [0.25, 0.3) is 0 Å². The minimum Gasteiger partial charge on any atom is -0.462 e. The van der Waals surface area contributed by atoms with Gasteiger partial charge in [0, 0.05) is 25.7 Å². The zero-order valence-corrected chi connectivity index (χ0v) is 62.5. The fourth-order valence-corrected chi connectivity index (χ4v) is 12.8. The molecule has 17 nitrogen and oxygen atoms in total. The van der Waals surface area contributed by atoms with Crippen LogP contribution in [0.2, 0.25) is 0 Å². The zero-order chi connectivity index (χ0) is 68.7. The van der Waals surface area contributed by atoms with Crippen LogP contribution in [0.5, 0.6) is 0 Å². The molecular weight excluding hydrogens is 1220 g/mol. The van der Waals surface area contributed by atoms with Crippen molar-refractivity contribution in [3.05, 3.63) is 0 Å². The second-order valence-electron chi connectivity index (χ2n) is 27.9. The SMILES string of the molecule is CCCCCCCCCCCCC(=O)OC[C@H](COP(=O)(O)OC[C@H](O)COP(=O)(O)OC[C@@H](COC(=O)CCCCCCCCCCC(C)CC)OC(=O)CCCCCCCCCCCCCCCCCCCCC(C)C)OC(=O)CCCCCCCCCC(C)C. The highest BCUT2D eigenvalue weighted by molar-refractivity contribution is 7.47. The van der Waals surface area contributed by atoms with Crippen molar-refractivity contribution in [1.29, 1.82) is 0 Å². The summed E-state index contributed by atoms with van der Waals surface area (Å²) in [7, 11) is -9.90. The van der Waals surface area contributed by atoms with Crippen molar-refractivity contribution in [3.63, 3.8) is 0 Å². The van der Waals surface area contributed by atoms with Crippen molar-refractivity contribution >= 4 is 39.5 Å². The molecule has 0 aromatic heterocycles. The molecule has 0 aromatic carbocycles. The predicted octanol–water partition coefficient (Wildman–Crippen LogP) is 21.4. The van der Waals surface area contributed by atoms with Crippen molar-refractivity contribution in [2.75, 3.05) is 39.6 Å². The minimum atomic E-state index is -4.96. The second-order valence-corrected chi connectivity index (χ2v) is 30.8. The third kappa shape index (κ3) is 67.0. The number of phosphoric ester groups is 2. The topological polar surface area (TPSA) is 237 Å². The van der Waals surface area contributed by atoms with Crippen LogP contribution in [0, 0.1) is 17.8 Å². The summed E-state index contributed by atoms with van der Waals surface area (Å²) in [4.78, 5) is 72.6. The number of aliphatic hydroxyl groups excluding tert-OH is 1. The first kappa shape index (κ1) is 91.1. The van der Waals surface area contributed by atoms with Crippen LogP contribution in [0.15, 0.2) is 0 Å². The van der Waals surface area contributed by atoms with Crippen LogP contribution >= 0.6 is 15.6 Å². The molecule has 0 amide bonds. The van der Waals surface area contributed by atoms with Gasteiger partial charge in [-0.25, -0.2) is 9.13 Å². The van der Waals surface area contributed by atoms with Gasteiger partial charge in [-0.3, -0.25) is 37.3 Å². The number of hydrogen-bond donors (Lipinski definition) is 3. The van der Waals surface area contributed by atoms with E-state index in [1.807, 2.05) is 0 Å². The molecule has 0 aliphatic carbocycles. The van der Waals surface area contributed by atoms with Gasteiger partial charge in [0.25, 0.3) is 0 Å². The number of rotatable bonds is 72. The van der Waals surface area contributed by atoms with Gasteiger partial charge in [-0.05, 0) is 43.4 Å². The van der Waals surface area contributed by atoms with Gasteiger partial charge >= 0.3 is 39.5 Å². The Bertz CT molecular complexity index is 1820. The Kier molecular flexibility index (Phi) is 63.4. The smallest absolute Gasteiger partial charge is 0.462 e. The third-order valence-corrected chi connectivity index (χ3v) is 19.4. The standard InChI is InChI=1S/C74H144O17P2/c1-8-10-11-12-13-14-26-34-41-48-55-71(76)84-62-70(91-74(79)58-51-44-37-30-32-39-46-53-66(5)6)64-89-93(82,83)87-60-68(75)59-86-92(80,81)88-63-69(61-85-72(77)56-49-42-35-29-28-33-40-47-54-67(7)9-2)90-73(78)57-50-43-36-27-24-22-20-18-16-15-17-19-21-23-25-31-38-45-52-65(3)4/h65-70,75H,8-64H2,1-7H3,(H,80,81)(H,82,83)/t67?,68-,69-,70-/m1/s1. The van der Waals surface area contributed by atoms with Crippen LogP contribution in [0.3, 0.4) is 0 Å². The van der Waals surface area contributed by atoms with Gasteiger partial charge in [-0.2, -0.15) is 0 Å². The average Bonchev–Trinajstić information content (AvgIpc) is 3.73. The van der Waals surface area contributed by atoms with Gasteiger partial charge in [0.05, 0.1) is 26.4 Å². The molecule has 552 valence electrons. The Labute approximate surface area is 568 Å². The molecule has 0 heterocycles. The van der Waals surface area contributed by atoms with Crippen molar-refractivity contribution < 1.29 is 80.2 Å². The van der Waals surface area contributed by atoms with E-state index in [9.17, 15) is 43.2 Å². The normalized spacial score (nSPS) is 14.4. The van der Waals surface area contributed by atoms with E-state index in [4.69, 9.17) is 37.0 Å². The summed E-state index contributed by atoms with van der Waals surface area (Å²) >= 11 is 0. The van der Waals surface area contributed by atoms with Crippen molar-refractivity contribution in [3.8, 4) is 0 Å². The Morgan fingerprint density at radius 3 is 0.817 bits per heavy atom. The molecule has 0 bridgehead atoms. The largest absolute Gasteiger partial charge is 0.472 e. The summed E-state index contributed by atoms with van der Waals surface area (Å²) in [5.74, 6) is 0.169. The van der Waals surface area contributed by atoms with Gasteiger partial charge in [-0.1, -0.05) is 325 Å². The maximum atomic E-state index is 13.1. The molecule has 0 saturated heterocycles. The lowest BCUT2D eigenvalue weighted by Crippen LogP contribution is -2.30. The molecule has 0 aliphatic heterocycles. The number of carbonyl (C=O) groups is 4. The first-order chi connectivity index (χ1) is 44.8. The summed E-state index contributed by atoms with van der Waals surface area (Å²) in [6, 6.07) is 0. The Morgan fingerprint density at radius 2 is 0.548 bits per heavy atom. The second kappa shape index (κ2) is 64.7. The van der Waals surface area contributed by atoms with Crippen LogP contribution in [-0.4, -0.2) is 96.7 Å². The van der Waals surface area contributed by atoms with Gasteiger partial charge < -0.3 is 33.8 Å². The molecule has 6 atom stereocenters. The van der Waals surface area contributed by atoms with E-state index in [0.29, 0.717) is 31.6 Å². The van der Waals surface area contributed by atoms with Crippen LogP contribution in [-0.2, 0) is 65.4 Å². The highest BCUT2D eigenvalue weighted by Crippen LogP contribution is 2.45. The maximum Gasteiger partial charge on any atom is 0.472 e. The summed E-state index contributed by atoms with van der Waals surface area (Å²) < 4.78 is 68.4. The maximum absolute atomic E-state index is 13.1. The Hall–Kier alpha value is -1.94. The summed E-state index contributed by atoms with van der Waals surface area (Å²) in [5.41, 5.74) is 0. The fourth-order valence-electron chi connectivity index (χ4n) is 11.2. The number of hydrogen-bond acceptors (Lipinski definition) is 15. The summed E-state index contributed by atoms with van der Waals surface area (Å²) in [6.07, 6.45) is 50.1. The van der Waals surface area contributed by atoms with E-state index >= 15 is 0 Å². The van der Waals surface area contributed by atoms with Crippen LogP contribution in [0.1, 0.15) is 376 Å². The molecule has 0 saturated carbocycles. The molecule has 0 rings (SSSR count). The monoisotopic (exact) mass is 1370 g/mol. The van der Waals surface area contributed by atoms with E-state index in [1.54, 1.807) is 0 Å². The molecular formula is C74H144O17P2. The third-order valence-electron chi connectivity index (χ3n) is 17.5. The highest BCUT2D eigenvalue weighted by atomic mass is 31.2. The zero-order valence-electron chi connectivity index (χ0n) is 60.7. The average molecular weight is 1370 g/mol. The molecule has 0 aromatic rings.